The van der Waals surface area contributed by atoms with Gasteiger partial charge < -0.3 is 10.5 Å². The van der Waals surface area contributed by atoms with Gasteiger partial charge in [-0.3, -0.25) is 5.32 Å². The van der Waals surface area contributed by atoms with Gasteiger partial charge in [-0.15, -0.1) is 0 Å². The summed E-state index contributed by atoms with van der Waals surface area (Å²) in [4.78, 5) is 10.9. The first kappa shape index (κ1) is 10.9. The molecule has 0 bridgehead atoms. The van der Waals surface area contributed by atoms with Crippen molar-refractivity contribution in [3.63, 3.8) is 0 Å². The fraction of sp³-hybridized carbons (Fsp3) is 0.125. The number of hydrogen-bond acceptors (Lipinski definition) is 3. The minimum atomic E-state index is -0.630. The average molecular weight is 235 g/mol. The number of carbonyl (C=O) groups is 1. The van der Waals surface area contributed by atoms with Gasteiger partial charge >= 0.3 is 6.09 Å². The maximum absolute atomic E-state index is 10.9. The van der Waals surface area contributed by atoms with Crippen LogP contribution in [-0.4, -0.2) is 13.2 Å². The Hall–Kier alpha value is -1.13. The van der Waals surface area contributed by atoms with Crippen LogP contribution in [0.5, 0.6) is 0 Å². The first-order chi connectivity index (χ1) is 6.54. The highest BCUT2D eigenvalue weighted by Crippen LogP contribution is 2.31. The predicted molar refractivity (Wildman–Crippen MR) is 56.9 cm³/mol. The van der Waals surface area contributed by atoms with E-state index in [9.17, 15) is 4.79 Å². The molecule has 3 N–H and O–H groups in total. The lowest BCUT2D eigenvalue weighted by molar-refractivity contribution is 0.187. The average Bonchev–Trinajstić information content (AvgIpc) is 2.13. The lowest BCUT2D eigenvalue weighted by atomic mass is 10.2. The van der Waals surface area contributed by atoms with Gasteiger partial charge in [0.15, 0.2) is 0 Å². The van der Waals surface area contributed by atoms with Crippen LogP contribution in [0.1, 0.15) is 0 Å². The third kappa shape index (κ3) is 2.43. The molecule has 0 aliphatic rings. The van der Waals surface area contributed by atoms with Crippen molar-refractivity contribution in [1.29, 1.82) is 0 Å². The Morgan fingerprint density at radius 2 is 2.14 bits per heavy atom. The monoisotopic (exact) mass is 234 g/mol. The van der Waals surface area contributed by atoms with Gasteiger partial charge in [0.25, 0.3) is 0 Å². The third-order valence-corrected chi connectivity index (χ3v) is 2.05. The molecule has 6 heteroatoms. The Labute approximate surface area is 90.9 Å². The van der Waals surface area contributed by atoms with E-state index in [1.165, 1.54) is 19.2 Å². The molecule has 0 saturated heterocycles. The van der Waals surface area contributed by atoms with Gasteiger partial charge in [-0.25, -0.2) is 4.79 Å². The molecule has 1 aromatic rings. The molecule has 14 heavy (non-hydrogen) atoms. The summed E-state index contributed by atoms with van der Waals surface area (Å²) in [5, 5.41) is 3.05. The number of hydrogen-bond donors (Lipinski definition) is 2. The number of nitrogens with one attached hydrogen (secondary N) is 1. The molecule has 4 nitrogen and oxygen atoms in total. The van der Waals surface area contributed by atoms with Gasteiger partial charge in [0.2, 0.25) is 0 Å². The van der Waals surface area contributed by atoms with Crippen LogP contribution in [0.15, 0.2) is 12.1 Å². The highest BCUT2D eigenvalue weighted by Gasteiger charge is 2.08. The molecule has 1 aromatic carbocycles. The fourth-order valence-corrected chi connectivity index (χ4v) is 1.34. The minimum Gasteiger partial charge on any atom is -0.453 e. The van der Waals surface area contributed by atoms with Crippen LogP contribution >= 0.6 is 23.2 Å². The van der Waals surface area contributed by atoms with E-state index in [0.29, 0.717) is 10.7 Å². The number of anilines is 2. The van der Waals surface area contributed by atoms with E-state index < -0.39 is 6.09 Å². The van der Waals surface area contributed by atoms with Crippen molar-refractivity contribution in [2.75, 3.05) is 18.2 Å². The van der Waals surface area contributed by atoms with E-state index in [2.05, 4.69) is 10.1 Å². The van der Waals surface area contributed by atoms with Crippen molar-refractivity contribution in [3.05, 3.63) is 22.2 Å². The van der Waals surface area contributed by atoms with Crippen LogP contribution in [0.2, 0.25) is 10.0 Å². The molecule has 0 aliphatic carbocycles. The van der Waals surface area contributed by atoms with Gasteiger partial charge in [0.05, 0.1) is 23.5 Å². The van der Waals surface area contributed by atoms with E-state index in [-0.39, 0.29) is 10.7 Å². The van der Waals surface area contributed by atoms with E-state index in [0.717, 1.165) is 0 Å². The quantitative estimate of drug-likeness (QED) is 0.735. The van der Waals surface area contributed by atoms with Gasteiger partial charge in [-0.05, 0) is 12.1 Å². The normalized spacial score (nSPS) is 9.64. The fourth-order valence-electron chi connectivity index (χ4n) is 0.849. The summed E-state index contributed by atoms with van der Waals surface area (Å²) in [6.07, 6.45) is -0.630. The lowest BCUT2D eigenvalue weighted by Gasteiger charge is -2.08. The van der Waals surface area contributed by atoms with Gasteiger partial charge in [-0.1, -0.05) is 23.2 Å². The molecule has 0 unspecified atom stereocenters. The summed E-state index contributed by atoms with van der Waals surface area (Å²) in [5.74, 6) is 0. The Morgan fingerprint density at radius 1 is 1.50 bits per heavy atom. The second kappa shape index (κ2) is 4.39. The molecule has 0 heterocycles. The summed E-state index contributed by atoms with van der Waals surface area (Å²) in [6.45, 7) is 0. The molecule has 0 fully saturated rings. The molecule has 0 radical (unpaired) electrons. The van der Waals surface area contributed by atoms with E-state index >= 15 is 0 Å². The van der Waals surface area contributed by atoms with Crippen LogP contribution in [0.25, 0.3) is 0 Å². The molecule has 0 saturated carbocycles. The predicted octanol–water partition coefficient (Wildman–Crippen LogP) is 2.75. The summed E-state index contributed by atoms with van der Waals surface area (Å²) in [6, 6.07) is 2.97. The maximum Gasteiger partial charge on any atom is 0.411 e. The van der Waals surface area contributed by atoms with Crippen molar-refractivity contribution in [1.82, 2.24) is 0 Å². The number of amides is 1. The van der Waals surface area contributed by atoms with Crippen molar-refractivity contribution >= 4 is 40.7 Å². The molecule has 1 rings (SSSR count). The van der Waals surface area contributed by atoms with Gasteiger partial charge in [0.1, 0.15) is 0 Å². The number of ether oxygens (including phenoxy) is 1. The zero-order valence-electron chi connectivity index (χ0n) is 7.30. The summed E-state index contributed by atoms with van der Waals surface area (Å²) in [7, 11) is 1.25. The number of benzene rings is 1. The Bertz CT molecular complexity index is 369. The second-order valence-electron chi connectivity index (χ2n) is 2.47. The first-order valence-electron chi connectivity index (χ1n) is 3.64. The number of nitrogens with two attached hydrogens (primary N) is 1. The number of nitrogen functional groups attached to an aromatic ring is 1. The Balaban J connectivity index is 3.02. The van der Waals surface area contributed by atoms with E-state index in [1.54, 1.807) is 0 Å². The molecule has 0 aromatic heterocycles. The number of rotatable bonds is 1. The topological polar surface area (TPSA) is 64.3 Å². The van der Waals surface area contributed by atoms with E-state index in [1.807, 2.05) is 0 Å². The van der Waals surface area contributed by atoms with Crippen molar-refractivity contribution in [2.45, 2.75) is 0 Å². The number of halogens is 2. The largest absolute Gasteiger partial charge is 0.453 e. The van der Waals surface area contributed by atoms with Crippen LogP contribution in [-0.2, 0) is 4.74 Å². The van der Waals surface area contributed by atoms with Crippen molar-refractivity contribution in [2.24, 2.45) is 0 Å². The molecule has 76 valence electrons. The minimum absolute atomic E-state index is 0.251. The van der Waals surface area contributed by atoms with Gasteiger partial charge in [0, 0.05) is 5.02 Å². The summed E-state index contributed by atoms with van der Waals surface area (Å²) >= 11 is 11.5. The van der Waals surface area contributed by atoms with Crippen LogP contribution in [0, 0.1) is 0 Å². The summed E-state index contributed by atoms with van der Waals surface area (Å²) in [5.41, 5.74) is 6.17. The molecule has 0 atom stereocenters. The molecule has 0 spiro atoms. The number of carbonyl (C=O) groups excluding carboxylic acids is 1. The molecule has 1 amide bonds. The van der Waals surface area contributed by atoms with E-state index in [4.69, 9.17) is 28.9 Å². The first-order valence-corrected chi connectivity index (χ1v) is 4.39. The maximum atomic E-state index is 10.9. The standard InChI is InChI=1S/C8H8Cl2N2O2/c1-14-8(13)12-6-3-4(9)2-5(10)7(6)11/h2-3H,11H2,1H3,(H,12,13). The molecular weight excluding hydrogens is 227 g/mol. The second-order valence-corrected chi connectivity index (χ2v) is 3.31. The van der Waals surface area contributed by atoms with Crippen LogP contribution in [0.3, 0.4) is 0 Å². The highest BCUT2D eigenvalue weighted by molar-refractivity contribution is 6.37. The van der Waals surface area contributed by atoms with Gasteiger partial charge in [-0.2, -0.15) is 0 Å². The lowest BCUT2D eigenvalue weighted by Crippen LogP contribution is -2.12. The SMILES string of the molecule is COC(=O)Nc1cc(Cl)cc(Cl)c1N. The highest BCUT2D eigenvalue weighted by atomic mass is 35.5. The van der Waals surface area contributed by atoms with Crippen LogP contribution in [0.4, 0.5) is 16.2 Å². The number of methoxy groups -OCH3 is 1. The zero-order valence-corrected chi connectivity index (χ0v) is 8.82. The Kier molecular flexibility index (Phi) is 3.43. The zero-order chi connectivity index (χ0) is 10.7. The summed E-state index contributed by atoms with van der Waals surface area (Å²) < 4.78 is 4.40. The van der Waals surface area contributed by atoms with Crippen LogP contribution < -0.4 is 11.1 Å². The molecular formula is C8H8Cl2N2O2. The molecule has 0 aliphatic heterocycles. The van der Waals surface area contributed by atoms with Crippen molar-refractivity contribution < 1.29 is 9.53 Å². The Morgan fingerprint density at radius 3 is 2.71 bits per heavy atom. The van der Waals surface area contributed by atoms with Crippen molar-refractivity contribution in [3.8, 4) is 0 Å². The smallest absolute Gasteiger partial charge is 0.411 e. The third-order valence-electron chi connectivity index (χ3n) is 1.52.